The van der Waals surface area contributed by atoms with Crippen molar-refractivity contribution in [2.24, 2.45) is 28.6 Å². The topological polar surface area (TPSA) is 60.4 Å². The van der Waals surface area contributed by atoms with Crippen LogP contribution in [0.3, 0.4) is 0 Å². The van der Waals surface area contributed by atoms with Crippen LogP contribution in [-0.2, 0) is 19.1 Å². The molecule has 4 aliphatic carbocycles. The third-order valence-electron chi connectivity index (χ3n) is 8.84. The van der Waals surface area contributed by atoms with Crippen molar-refractivity contribution in [3.63, 3.8) is 0 Å². The summed E-state index contributed by atoms with van der Waals surface area (Å²) < 4.78 is 5.82. The lowest BCUT2D eigenvalue weighted by Gasteiger charge is -2.58. The van der Waals surface area contributed by atoms with Crippen molar-refractivity contribution >= 4 is 17.5 Å². The number of rotatable bonds is 2. The van der Waals surface area contributed by atoms with Gasteiger partial charge in [-0.2, -0.15) is 0 Å². The second-order valence-electron chi connectivity index (χ2n) is 10.1. The zero-order chi connectivity index (χ0) is 20.5. The second-order valence-corrected chi connectivity index (χ2v) is 10.1. The first-order chi connectivity index (χ1) is 13.0. The number of fused-ring (bicyclic) bond motifs is 5. The van der Waals surface area contributed by atoms with E-state index in [0.29, 0.717) is 30.6 Å². The molecule has 0 aromatic heterocycles. The van der Waals surface area contributed by atoms with Gasteiger partial charge in [-0.25, -0.2) is 0 Å². The highest BCUT2D eigenvalue weighted by atomic mass is 16.6. The number of allylic oxidation sites excluding steroid dienone is 4. The summed E-state index contributed by atoms with van der Waals surface area (Å²) in [6.07, 6.45) is 9.20. The fraction of sp³-hybridized carbons (Fsp3) is 0.708. The van der Waals surface area contributed by atoms with Gasteiger partial charge in [0.1, 0.15) is 0 Å². The Morgan fingerprint density at radius 2 is 1.75 bits per heavy atom. The smallest absolute Gasteiger partial charge is 0.303 e. The Kier molecular flexibility index (Phi) is 4.30. The summed E-state index contributed by atoms with van der Waals surface area (Å²) in [6, 6.07) is 0. The molecule has 28 heavy (non-hydrogen) atoms. The second kappa shape index (κ2) is 6.14. The normalized spacial score (nSPS) is 44.6. The van der Waals surface area contributed by atoms with Crippen LogP contribution >= 0.6 is 0 Å². The van der Waals surface area contributed by atoms with E-state index >= 15 is 0 Å². The van der Waals surface area contributed by atoms with Crippen LogP contribution in [0.2, 0.25) is 0 Å². The Balaban J connectivity index is 1.79. The number of ketones is 2. The van der Waals surface area contributed by atoms with Crippen molar-refractivity contribution in [1.82, 2.24) is 0 Å². The molecule has 0 amide bonds. The van der Waals surface area contributed by atoms with Gasteiger partial charge in [0.2, 0.25) is 0 Å². The third-order valence-corrected chi connectivity index (χ3v) is 8.84. The average molecular weight is 385 g/mol. The van der Waals surface area contributed by atoms with Gasteiger partial charge in [0, 0.05) is 18.8 Å². The van der Waals surface area contributed by atoms with E-state index in [4.69, 9.17) is 4.74 Å². The van der Waals surface area contributed by atoms with Crippen LogP contribution in [-0.4, -0.2) is 23.1 Å². The molecule has 2 saturated carbocycles. The lowest BCUT2D eigenvalue weighted by molar-refractivity contribution is -0.185. The van der Waals surface area contributed by atoms with Crippen molar-refractivity contribution in [2.45, 2.75) is 78.7 Å². The van der Waals surface area contributed by atoms with Gasteiger partial charge in [0.05, 0.1) is 0 Å². The Morgan fingerprint density at radius 3 is 2.39 bits per heavy atom. The van der Waals surface area contributed by atoms with Crippen molar-refractivity contribution in [3.05, 3.63) is 23.3 Å². The minimum atomic E-state index is -0.990. The number of Topliss-reactive ketones (excluding diaryl/α,β-unsaturated/α-hetero) is 1. The molecule has 6 atom stereocenters. The maximum Gasteiger partial charge on any atom is 0.303 e. The molecule has 2 fully saturated rings. The summed E-state index contributed by atoms with van der Waals surface area (Å²) in [5.41, 5.74) is 1.15. The summed E-state index contributed by atoms with van der Waals surface area (Å²) in [4.78, 5) is 36.8. The fourth-order valence-corrected chi connectivity index (χ4v) is 7.48. The molecule has 0 aromatic carbocycles. The van der Waals surface area contributed by atoms with Gasteiger partial charge in [-0.1, -0.05) is 25.5 Å². The van der Waals surface area contributed by atoms with E-state index in [9.17, 15) is 14.4 Å². The third kappa shape index (κ3) is 2.39. The van der Waals surface area contributed by atoms with Crippen LogP contribution in [0.15, 0.2) is 23.3 Å². The largest absolute Gasteiger partial charge is 0.451 e. The molecule has 0 N–H and O–H groups in total. The fourth-order valence-electron chi connectivity index (χ4n) is 7.48. The van der Waals surface area contributed by atoms with Crippen molar-refractivity contribution in [3.8, 4) is 0 Å². The molecule has 152 valence electrons. The van der Waals surface area contributed by atoms with Gasteiger partial charge in [0.15, 0.2) is 17.2 Å². The van der Waals surface area contributed by atoms with Crippen LogP contribution in [0, 0.1) is 28.6 Å². The minimum absolute atomic E-state index is 0.0160. The number of hydrogen-bond donors (Lipinski definition) is 0. The zero-order valence-corrected chi connectivity index (χ0v) is 17.8. The van der Waals surface area contributed by atoms with Crippen LogP contribution in [0.1, 0.15) is 73.1 Å². The average Bonchev–Trinajstić information content (AvgIpc) is 2.90. The van der Waals surface area contributed by atoms with Gasteiger partial charge >= 0.3 is 5.97 Å². The van der Waals surface area contributed by atoms with Gasteiger partial charge in [-0.3, -0.25) is 14.4 Å². The van der Waals surface area contributed by atoms with Crippen LogP contribution in [0.5, 0.6) is 0 Å². The first-order valence-corrected chi connectivity index (χ1v) is 10.7. The van der Waals surface area contributed by atoms with E-state index in [1.807, 2.05) is 6.08 Å². The Hall–Kier alpha value is -1.71. The molecule has 0 bridgehead atoms. The molecule has 3 unspecified atom stereocenters. The number of carbonyl (C=O) groups is 3. The zero-order valence-electron chi connectivity index (χ0n) is 17.8. The summed E-state index contributed by atoms with van der Waals surface area (Å²) >= 11 is 0. The van der Waals surface area contributed by atoms with Crippen molar-refractivity contribution in [1.29, 1.82) is 0 Å². The van der Waals surface area contributed by atoms with E-state index in [1.54, 1.807) is 6.92 Å². The number of ether oxygens (including phenoxy) is 1. The summed E-state index contributed by atoms with van der Waals surface area (Å²) in [7, 11) is 0. The van der Waals surface area contributed by atoms with E-state index in [-0.39, 0.29) is 28.4 Å². The molecule has 0 heterocycles. The number of carbonyl (C=O) groups excluding carboxylic acids is 3. The molecule has 0 radical (unpaired) electrons. The molecular formula is C24H32O4. The molecule has 0 aliphatic heterocycles. The SMILES string of the molecule is CC(=O)O[C@]1(C(C)=O)CCC2C3C=C(C)C4=CC(=O)CC[C@@]4(C)C3CC[C@]21C. The number of hydrogen-bond acceptors (Lipinski definition) is 4. The van der Waals surface area contributed by atoms with Crippen LogP contribution in [0.4, 0.5) is 0 Å². The maximum absolute atomic E-state index is 12.8. The minimum Gasteiger partial charge on any atom is -0.451 e. The van der Waals surface area contributed by atoms with E-state index in [0.717, 1.165) is 25.7 Å². The monoisotopic (exact) mass is 384 g/mol. The molecular weight excluding hydrogens is 352 g/mol. The van der Waals surface area contributed by atoms with Crippen LogP contribution in [0.25, 0.3) is 0 Å². The highest BCUT2D eigenvalue weighted by Gasteiger charge is 2.67. The molecule has 4 aliphatic rings. The van der Waals surface area contributed by atoms with Crippen molar-refractivity contribution in [2.75, 3.05) is 0 Å². The summed E-state index contributed by atoms with van der Waals surface area (Å²) in [6.45, 7) is 9.63. The standard InChI is InChI=1S/C24H32O4/c1-14-12-18-19(22(4)9-6-17(27)13-21(14)22)7-10-23(5)20(18)8-11-24(23,15(2)25)28-16(3)26/h12-13,18-20H,6-11H2,1-5H3/t18?,19?,20?,22-,23+,24-/m0/s1. The molecule has 4 rings (SSSR count). The van der Waals surface area contributed by atoms with Gasteiger partial charge in [-0.15, -0.1) is 0 Å². The maximum atomic E-state index is 12.8. The quantitative estimate of drug-likeness (QED) is 0.654. The van der Waals surface area contributed by atoms with Crippen LogP contribution < -0.4 is 0 Å². The van der Waals surface area contributed by atoms with Gasteiger partial charge in [-0.05, 0) is 80.8 Å². The summed E-state index contributed by atoms with van der Waals surface area (Å²) in [5, 5.41) is 0. The summed E-state index contributed by atoms with van der Waals surface area (Å²) in [5.74, 6) is 1.03. The lowest BCUT2D eigenvalue weighted by Crippen LogP contribution is -2.58. The Morgan fingerprint density at radius 1 is 1.07 bits per heavy atom. The van der Waals surface area contributed by atoms with Gasteiger partial charge in [0.25, 0.3) is 0 Å². The predicted molar refractivity (Wildman–Crippen MR) is 106 cm³/mol. The molecule has 4 heteroatoms. The van der Waals surface area contributed by atoms with E-state index in [1.165, 1.54) is 18.1 Å². The lowest BCUT2D eigenvalue weighted by atomic mass is 9.47. The first-order valence-electron chi connectivity index (χ1n) is 10.7. The number of esters is 1. The Bertz CT molecular complexity index is 820. The first kappa shape index (κ1) is 19.6. The Labute approximate surface area is 167 Å². The molecule has 0 aromatic rings. The van der Waals surface area contributed by atoms with E-state index < -0.39 is 5.60 Å². The highest BCUT2D eigenvalue weighted by Crippen LogP contribution is 2.67. The molecule has 4 nitrogen and oxygen atoms in total. The molecule has 0 saturated heterocycles. The van der Waals surface area contributed by atoms with Crippen molar-refractivity contribution < 1.29 is 19.1 Å². The van der Waals surface area contributed by atoms with Gasteiger partial charge < -0.3 is 4.74 Å². The van der Waals surface area contributed by atoms with E-state index in [2.05, 4.69) is 26.8 Å². The predicted octanol–water partition coefficient (Wildman–Crippen LogP) is 4.58. The highest BCUT2D eigenvalue weighted by molar-refractivity contribution is 5.92. The molecule has 0 spiro atoms.